The van der Waals surface area contributed by atoms with Crippen molar-refractivity contribution in [3.05, 3.63) is 95.8 Å². The van der Waals surface area contributed by atoms with Gasteiger partial charge in [0.15, 0.2) is 0 Å². The van der Waals surface area contributed by atoms with Gasteiger partial charge in [-0.05, 0) is 41.6 Å². The van der Waals surface area contributed by atoms with Crippen LogP contribution in [0.2, 0.25) is 0 Å². The molecule has 184 valence electrons. The standard InChI is InChI=1S/C29H30N4O3/c1-20(7-3-4-17-32-19-23(16-18-34)30-31-32)28(36-2)22-12-14-24(15-13-22)33-26-11-6-9-21-8-5-10-25(27(21)26)29(33)35/h3,5-15,19-20,28,34H,4,16-18H2,1-2H3/b7-3+/t20-,28+/m1/s1. The molecule has 7 heteroatoms. The van der Waals surface area contributed by atoms with E-state index in [4.69, 9.17) is 9.84 Å². The van der Waals surface area contributed by atoms with E-state index in [1.165, 1.54) is 0 Å². The summed E-state index contributed by atoms with van der Waals surface area (Å²) < 4.78 is 7.64. The average molecular weight is 483 g/mol. The van der Waals surface area contributed by atoms with E-state index in [9.17, 15) is 4.79 Å². The Morgan fingerprint density at radius 3 is 2.61 bits per heavy atom. The van der Waals surface area contributed by atoms with Gasteiger partial charge in [-0.2, -0.15) is 0 Å². The van der Waals surface area contributed by atoms with Crippen molar-refractivity contribution in [2.45, 2.75) is 32.4 Å². The summed E-state index contributed by atoms with van der Waals surface area (Å²) >= 11 is 0. The lowest BCUT2D eigenvalue weighted by Crippen LogP contribution is -2.21. The van der Waals surface area contributed by atoms with Gasteiger partial charge in [0.2, 0.25) is 0 Å². The maximum atomic E-state index is 13.2. The number of hydrogen-bond acceptors (Lipinski definition) is 5. The van der Waals surface area contributed by atoms with Gasteiger partial charge in [-0.15, -0.1) is 5.10 Å². The molecule has 0 aliphatic carbocycles. The van der Waals surface area contributed by atoms with E-state index in [2.05, 4.69) is 29.4 Å². The lowest BCUT2D eigenvalue weighted by Gasteiger charge is -2.22. The fraction of sp³-hybridized carbons (Fsp3) is 0.276. The van der Waals surface area contributed by atoms with Crippen molar-refractivity contribution in [3.8, 4) is 0 Å². The summed E-state index contributed by atoms with van der Waals surface area (Å²) in [6.07, 6.45) is 7.42. The summed E-state index contributed by atoms with van der Waals surface area (Å²) in [6, 6.07) is 20.0. The van der Waals surface area contributed by atoms with E-state index < -0.39 is 0 Å². The molecule has 1 amide bonds. The molecule has 1 N–H and O–H groups in total. The number of aromatic nitrogens is 3. The van der Waals surface area contributed by atoms with Crippen molar-refractivity contribution in [1.82, 2.24) is 15.0 Å². The quantitative estimate of drug-likeness (QED) is 0.313. The Hall–Kier alpha value is -3.81. The highest BCUT2D eigenvalue weighted by molar-refractivity contribution is 6.27. The number of methoxy groups -OCH3 is 1. The van der Waals surface area contributed by atoms with Crippen molar-refractivity contribution in [2.24, 2.45) is 5.92 Å². The molecule has 0 spiro atoms. The molecule has 0 bridgehead atoms. The fourth-order valence-corrected chi connectivity index (χ4v) is 4.93. The van der Waals surface area contributed by atoms with E-state index in [0.29, 0.717) is 6.42 Å². The van der Waals surface area contributed by atoms with Gasteiger partial charge < -0.3 is 9.84 Å². The monoisotopic (exact) mass is 482 g/mol. The number of amides is 1. The van der Waals surface area contributed by atoms with Gasteiger partial charge in [0.1, 0.15) is 0 Å². The third-order valence-corrected chi connectivity index (χ3v) is 6.69. The number of anilines is 2. The van der Waals surface area contributed by atoms with E-state index in [-0.39, 0.29) is 24.5 Å². The van der Waals surface area contributed by atoms with E-state index in [1.807, 2.05) is 66.9 Å². The minimum atomic E-state index is -0.104. The van der Waals surface area contributed by atoms with Gasteiger partial charge in [-0.3, -0.25) is 14.4 Å². The molecule has 0 radical (unpaired) electrons. The molecule has 36 heavy (non-hydrogen) atoms. The van der Waals surface area contributed by atoms with Crippen LogP contribution < -0.4 is 4.90 Å². The van der Waals surface area contributed by atoms with Crippen LogP contribution in [0.4, 0.5) is 11.4 Å². The summed E-state index contributed by atoms with van der Waals surface area (Å²) in [5.74, 6) is 0.165. The lowest BCUT2D eigenvalue weighted by molar-refractivity contribution is 0.0741. The molecule has 1 aliphatic heterocycles. The number of nitrogens with zero attached hydrogens (tertiary/aromatic N) is 4. The highest BCUT2D eigenvalue weighted by Gasteiger charge is 2.30. The Labute approximate surface area is 210 Å². The summed E-state index contributed by atoms with van der Waals surface area (Å²) in [6.45, 7) is 2.94. The zero-order valence-corrected chi connectivity index (χ0v) is 20.5. The van der Waals surface area contributed by atoms with Gasteiger partial charge in [0, 0.05) is 49.9 Å². The van der Waals surface area contributed by atoms with Crippen LogP contribution in [-0.2, 0) is 17.7 Å². The molecule has 1 aromatic heterocycles. The van der Waals surface area contributed by atoms with E-state index >= 15 is 0 Å². The number of aryl methyl sites for hydroxylation is 1. The molecule has 2 atom stereocenters. The number of aliphatic hydroxyl groups excluding tert-OH is 1. The van der Waals surface area contributed by atoms with Crippen LogP contribution in [0.3, 0.4) is 0 Å². The Morgan fingerprint density at radius 2 is 1.86 bits per heavy atom. The molecule has 2 heterocycles. The largest absolute Gasteiger partial charge is 0.396 e. The number of allylic oxidation sites excluding steroid dienone is 1. The van der Waals surface area contributed by atoms with Crippen LogP contribution in [-0.4, -0.2) is 39.7 Å². The molecule has 7 nitrogen and oxygen atoms in total. The highest BCUT2D eigenvalue weighted by atomic mass is 16.5. The number of ether oxygens (including phenoxy) is 1. The predicted octanol–water partition coefficient (Wildman–Crippen LogP) is 5.23. The fourth-order valence-electron chi connectivity index (χ4n) is 4.93. The number of carbonyl (C=O) groups excluding carboxylic acids is 1. The first kappa shape index (κ1) is 23.9. The van der Waals surface area contributed by atoms with Crippen molar-refractivity contribution < 1.29 is 14.6 Å². The zero-order chi connectivity index (χ0) is 25.1. The zero-order valence-electron chi connectivity index (χ0n) is 20.5. The Morgan fingerprint density at radius 1 is 1.08 bits per heavy atom. The number of benzene rings is 3. The van der Waals surface area contributed by atoms with Crippen LogP contribution in [0.5, 0.6) is 0 Å². The SMILES string of the molecule is CO[C@H](c1ccc(N2C(=O)c3cccc4cccc2c34)cc1)[C@H](C)/C=C/CCn1cc(CCO)nn1. The lowest BCUT2D eigenvalue weighted by atomic mass is 9.96. The average Bonchev–Trinajstić information content (AvgIpc) is 3.46. The van der Waals surface area contributed by atoms with Crippen LogP contribution in [0.1, 0.15) is 41.1 Å². The summed E-state index contributed by atoms with van der Waals surface area (Å²) in [5.41, 5.74) is 4.38. The van der Waals surface area contributed by atoms with Crippen LogP contribution in [0.15, 0.2) is 79.0 Å². The van der Waals surface area contributed by atoms with Crippen molar-refractivity contribution in [2.75, 3.05) is 18.6 Å². The van der Waals surface area contributed by atoms with Gasteiger partial charge >= 0.3 is 0 Å². The third-order valence-electron chi connectivity index (χ3n) is 6.69. The predicted molar refractivity (Wildman–Crippen MR) is 140 cm³/mol. The first-order valence-corrected chi connectivity index (χ1v) is 12.3. The molecule has 1 aliphatic rings. The summed E-state index contributed by atoms with van der Waals surface area (Å²) in [7, 11) is 1.72. The second-order valence-electron chi connectivity index (χ2n) is 9.09. The molecular formula is C29H30N4O3. The van der Waals surface area contributed by atoms with Crippen molar-refractivity contribution >= 4 is 28.1 Å². The summed E-state index contributed by atoms with van der Waals surface area (Å²) in [4.78, 5) is 15.0. The first-order valence-electron chi connectivity index (χ1n) is 12.3. The minimum Gasteiger partial charge on any atom is -0.396 e. The topological polar surface area (TPSA) is 80.5 Å². The van der Waals surface area contributed by atoms with Gasteiger partial charge in [-0.25, -0.2) is 0 Å². The number of carbonyl (C=O) groups is 1. The van der Waals surface area contributed by atoms with Crippen LogP contribution in [0.25, 0.3) is 10.8 Å². The Bertz CT molecular complexity index is 1390. The molecule has 0 saturated carbocycles. The second-order valence-corrected chi connectivity index (χ2v) is 9.09. The van der Waals surface area contributed by atoms with Crippen LogP contribution >= 0.6 is 0 Å². The minimum absolute atomic E-state index is 0.00464. The molecule has 0 saturated heterocycles. The molecular weight excluding hydrogens is 452 g/mol. The van der Waals surface area contributed by atoms with E-state index in [1.54, 1.807) is 16.7 Å². The second kappa shape index (κ2) is 10.4. The third kappa shape index (κ3) is 4.55. The number of rotatable bonds is 10. The normalized spacial score (nSPS) is 14.8. The van der Waals surface area contributed by atoms with Gasteiger partial charge in [0.25, 0.3) is 5.91 Å². The van der Waals surface area contributed by atoms with Gasteiger partial charge in [-0.1, -0.05) is 60.7 Å². The number of aliphatic hydroxyl groups is 1. The molecule has 4 aromatic rings. The molecule has 0 unspecified atom stereocenters. The van der Waals surface area contributed by atoms with Crippen LogP contribution in [0, 0.1) is 5.92 Å². The number of hydrogen-bond donors (Lipinski definition) is 1. The molecule has 0 fully saturated rings. The van der Waals surface area contributed by atoms with Crippen molar-refractivity contribution in [3.63, 3.8) is 0 Å². The smallest absolute Gasteiger partial charge is 0.263 e. The Balaban J connectivity index is 1.26. The molecule has 3 aromatic carbocycles. The first-order chi connectivity index (χ1) is 17.6. The van der Waals surface area contributed by atoms with Crippen molar-refractivity contribution in [1.29, 1.82) is 0 Å². The maximum absolute atomic E-state index is 13.2. The van der Waals surface area contributed by atoms with Gasteiger partial charge in [0.05, 0.1) is 23.0 Å². The van der Waals surface area contributed by atoms with E-state index in [0.717, 1.165) is 51.9 Å². The maximum Gasteiger partial charge on any atom is 0.263 e. The summed E-state index contributed by atoms with van der Waals surface area (Å²) in [5, 5.41) is 19.2. The molecule has 5 rings (SSSR count). The highest BCUT2D eigenvalue weighted by Crippen LogP contribution is 2.42. The Kier molecular flexibility index (Phi) is 6.93.